The topological polar surface area (TPSA) is 35.8 Å². The van der Waals surface area contributed by atoms with Crippen molar-refractivity contribution in [3.63, 3.8) is 0 Å². The third-order valence-electron chi connectivity index (χ3n) is 4.00. The molecule has 0 radical (unpaired) electrons. The number of hydrogen-bond donors (Lipinski definition) is 1. The van der Waals surface area contributed by atoms with Gasteiger partial charge in [0.2, 0.25) is 0 Å². The number of nitrogens with zero attached hydrogens (tertiary/aromatic N) is 1. The van der Waals surface area contributed by atoms with E-state index in [1.54, 1.807) is 11.3 Å². The molecular formula is C15H22N2S. The molecule has 0 bridgehead atoms. The molecule has 1 aliphatic carbocycles. The molecule has 1 aromatic rings. The molecule has 18 heavy (non-hydrogen) atoms. The number of nitriles is 1. The molecule has 3 heteroatoms. The van der Waals surface area contributed by atoms with Crippen LogP contribution < -0.4 is 5.32 Å². The van der Waals surface area contributed by atoms with Crippen molar-refractivity contribution in [3.8, 4) is 6.07 Å². The van der Waals surface area contributed by atoms with E-state index < -0.39 is 0 Å². The Kier molecular flexibility index (Phi) is 4.79. The lowest BCUT2D eigenvalue weighted by molar-refractivity contribution is 0.205. The third-order valence-corrected chi connectivity index (χ3v) is 4.93. The maximum atomic E-state index is 8.82. The Balaban J connectivity index is 1.90. The highest BCUT2D eigenvalue weighted by atomic mass is 32.1. The van der Waals surface area contributed by atoms with E-state index in [-0.39, 0.29) is 0 Å². The predicted molar refractivity (Wildman–Crippen MR) is 76.5 cm³/mol. The standard InChI is InChI=1S/C15H22N2S/c1-11(2)14-5-3-4-6-15(14)17-9-13-7-12(8-16)10-18-13/h7,10-11,14-15,17H,3-6,9H2,1-2H3. The van der Waals surface area contributed by atoms with Gasteiger partial charge in [-0.05, 0) is 30.7 Å². The molecule has 1 N–H and O–H groups in total. The SMILES string of the molecule is CC(C)C1CCCCC1NCc1cc(C#N)cs1. The van der Waals surface area contributed by atoms with Gasteiger partial charge in [0.15, 0.2) is 0 Å². The highest BCUT2D eigenvalue weighted by Crippen LogP contribution is 2.30. The largest absolute Gasteiger partial charge is 0.309 e. The lowest BCUT2D eigenvalue weighted by Crippen LogP contribution is -2.40. The average molecular weight is 262 g/mol. The Morgan fingerprint density at radius 1 is 1.44 bits per heavy atom. The second kappa shape index (κ2) is 6.36. The minimum atomic E-state index is 0.659. The monoisotopic (exact) mass is 262 g/mol. The van der Waals surface area contributed by atoms with Crippen LogP contribution in [0.25, 0.3) is 0 Å². The van der Waals surface area contributed by atoms with E-state index in [2.05, 4.69) is 25.2 Å². The van der Waals surface area contributed by atoms with Crippen molar-refractivity contribution in [3.05, 3.63) is 21.9 Å². The van der Waals surface area contributed by atoms with Crippen molar-refractivity contribution in [2.45, 2.75) is 52.1 Å². The Morgan fingerprint density at radius 2 is 2.22 bits per heavy atom. The lowest BCUT2D eigenvalue weighted by Gasteiger charge is -2.35. The van der Waals surface area contributed by atoms with E-state index in [4.69, 9.17) is 5.26 Å². The summed E-state index contributed by atoms with van der Waals surface area (Å²) in [6.07, 6.45) is 5.41. The second-order valence-electron chi connectivity index (χ2n) is 5.59. The zero-order chi connectivity index (χ0) is 13.0. The highest BCUT2D eigenvalue weighted by Gasteiger charge is 2.26. The summed E-state index contributed by atoms with van der Waals surface area (Å²) in [7, 11) is 0. The fourth-order valence-corrected chi connectivity index (χ4v) is 3.74. The summed E-state index contributed by atoms with van der Waals surface area (Å²) in [6.45, 7) is 5.59. The van der Waals surface area contributed by atoms with Gasteiger partial charge in [-0.3, -0.25) is 0 Å². The Hall–Kier alpha value is -0.850. The van der Waals surface area contributed by atoms with E-state index in [0.717, 1.165) is 23.9 Å². The minimum absolute atomic E-state index is 0.659. The molecule has 0 amide bonds. The van der Waals surface area contributed by atoms with Gasteiger partial charge in [-0.2, -0.15) is 5.26 Å². The second-order valence-corrected chi connectivity index (χ2v) is 6.59. The first-order chi connectivity index (χ1) is 8.70. The average Bonchev–Trinajstić information content (AvgIpc) is 2.84. The van der Waals surface area contributed by atoms with Gasteiger partial charge in [0.1, 0.15) is 6.07 Å². The van der Waals surface area contributed by atoms with E-state index in [1.807, 2.05) is 11.4 Å². The van der Waals surface area contributed by atoms with Gasteiger partial charge in [0.05, 0.1) is 5.56 Å². The maximum absolute atomic E-state index is 8.82. The summed E-state index contributed by atoms with van der Waals surface area (Å²) in [5.74, 6) is 1.58. The quantitative estimate of drug-likeness (QED) is 0.892. The first-order valence-electron chi connectivity index (χ1n) is 6.91. The van der Waals surface area contributed by atoms with Crippen LogP contribution in [0.5, 0.6) is 0 Å². The van der Waals surface area contributed by atoms with Gasteiger partial charge in [-0.25, -0.2) is 0 Å². The molecule has 0 spiro atoms. The molecule has 0 aliphatic heterocycles. The molecule has 2 rings (SSSR count). The van der Waals surface area contributed by atoms with Crippen LogP contribution in [0.4, 0.5) is 0 Å². The van der Waals surface area contributed by atoms with Gasteiger partial charge in [-0.1, -0.05) is 26.7 Å². The Bertz CT molecular complexity index is 416. The van der Waals surface area contributed by atoms with Crippen LogP contribution in [0.2, 0.25) is 0 Å². The first-order valence-corrected chi connectivity index (χ1v) is 7.79. The number of thiophene rings is 1. The smallest absolute Gasteiger partial charge is 0.100 e. The zero-order valence-electron chi connectivity index (χ0n) is 11.3. The van der Waals surface area contributed by atoms with Crippen LogP contribution in [0.15, 0.2) is 11.4 Å². The summed E-state index contributed by atoms with van der Waals surface area (Å²) in [5.41, 5.74) is 0.792. The summed E-state index contributed by atoms with van der Waals surface area (Å²) in [4.78, 5) is 1.28. The van der Waals surface area contributed by atoms with E-state index in [9.17, 15) is 0 Å². The van der Waals surface area contributed by atoms with Crippen molar-refractivity contribution in [1.29, 1.82) is 5.26 Å². The van der Waals surface area contributed by atoms with Crippen molar-refractivity contribution in [1.82, 2.24) is 5.32 Å². The number of rotatable bonds is 4. The normalized spacial score (nSPS) is 24.1. The van der Waals surface area contributed by atoms with E-state index in [0.29, 0.717) is 6.04 Å². The molecule has 1 aliphatic rings. The molecule has 1 saturated carbocycles. The van der Waals surface area contributed by atoms with Crippen LogP contribution in [-0.2, 0) is 6.54 Å². The fourth-order valence-electron chi connectivity index (χ4n) is 2.97. The van der Waals surface area contributed by atoms with Crippen molar-refractivity contribution in [2.75, 3.05) is 0 Å². The molecule has 1 aromatic heterocycles. The maximum Gasteiger partial charge on any atom is 0.100 e. The van der Waals surface area contributed by atoms with E-state index >= 15 is 0 Å². The summed E-state index contributed by atoms with van der Waals surface area (Å²) < 4.78 is 0. The summed E-state index contributed by atoms with van der Waals surface area (Å²) >= 11 is 1.69. The summed E-state index contributed by atoms with van der Waals surface area (Å²) in [6, 6.07) is 4.86. The lowest BCUT2D eigenvalue weighted by atomic mass is 9.78. The van der Waals surface area contributed by atoms with Crippen LogP contribution in [0.3, 0.4) is 0 Å². The predicted octanol–water partition coefficient (Wildman–Crippen LogP) is 3.92. The fraction of sp³-hybridized carbons (Fsp3) is 0.667. The number of nitrogens with one attached hydrogen (secondary N) is 1. The molecule has 0 aromatic carbocycles. The third kappa shape index (κ3) is 3.34. The molecule has 1 heterocycles. The van der Waals surface area contributed by atoms with Gasteiger partial charge in [0.25, 0.3) is 0 Å². The molecule has 0 saturated heterocycles. The summed E-state index contributed by atoms with van der Waals surface area (Å²) in [5, 5.41) is 14.5. The van der Waals surface area contributed by atoms with Gasteiger partial charge >= 0.3 is 0 Å². The van der Waals surface area contributed by atoms with E-state index in [1.165, 1.54) is 30.6 Å². The number of hydrogen-bond acceptors (Lipinski definition) is 3. The molecular weight excluding hydrogens is 240 g/mol. The van der Waals surface area contributed by atoms with Crippen LogP contribution >= 0.6 is 11.3 Å². The molecule has 2 atom stereocenters. The van der Waals surface area contributed by atoms with Crippen LogP contribution in [0, 0.1) is 23.2 Å². The Morgan fingerprint density at radius 3 is 2.89 bits per heavy atom. The Labute approximate surface area is 114 Å². The molecule has 98 valence electrons. The zero-order valence-corrected chi connectivity index (χ0v) is 12.1. The van der Waals surface area contributed by atoms with Gasteiger partial charge < -0.3 is 5.32 Å². The highest BCUT2D eigenvalue weighted by molar-refractivity contribution is 7.10. The van der Waals surface area contributed by atoms with Crippen LogP contribution in [-0.4, -0.2) is 6.04 Å². The first kappa shape index (κ1) is 13.6. The van der Waals surface area contributed by atoms with Gasteiger partial charge in [0, 0.05) is 22.8 Å². The molecule has 2 unspecified atom stereocenters. The molecule has 2 nitrogen and oxygen atoms in total. The van der Waals surface area contributed by atoms with Gasteiger partial charge in [-0.15, -0.1) is 11.3 Å². The van der Waals surface area contributed by atoms with Crippen molar-refractivity contribution in [2.24, 2.45) is 11.8 Å². The molecule has 1 fully saturated rings. The van der Waals surface area contributed by atoms with Crippen molar-refractivity contribution >= 4 is 11.3 Å². The van der Waals surface area contributed by atoms with Crippen molar-refractivity contribution < 1.29 is 0 Å². The minimum Gasteiger partial charge on any atom is -0.309 e. The van der Waals surface area contributed by atoms with Crippen LogP contribution in [0.1, 0.15) is 50.0 Å².